The van der Waals surface area contributed by atoms with Crippen LogP contribution in [-0.4, -0.2) is 8.42 Å². The number of fused-ring (bicyclic) bond motifs is 1. The number of benzene rings is 2. The largest absolute Gasteiger partial charge is 0.280 e. The summed E-state index contributed by atoms with van der Waals surface area (Å²) in [5, 5.41) is 0. The number of hydrogen-bond donors (Lipinski definition) is 1. The van der Waals surface area contributed by atoms with E-state index in [-0.39, 0.29) is 0 Å². The minimum atomic E-state index is -3.52. The summed E-state index contributed by atoms with van der Waals surface area (Å²) in [6.45, 7) is 3.92. The van der Waals surface area contributed by atoms with Gasteiger partial charge in [-0.1, -0.05) is 12.1 Å². The van der Waals surface area contributed by atoms with Gasteiger partial charge < -0.3 is 0 Å². The van der Waals surface area contributed by atoms with Crippen LogP contribution in [0, 0.1) is 13.8 Å². The summed E-state index contributed by atoms with van der Waals surface area (Å²) in [6.07, 6.45) is 3.14. The molecule has 0 amide bonds. The molecule has 0 aliphatic heterocycles. The van der Waals surface area contributed by atoms with E-state index in [1.54, 1.807) is 6.07 Å². The van der Waals surface area contributed by atoms with Crippen molar-refractivity contribution in [3.63, 3.8) is 0 Å². The maximum absolute atomic E-state index is 12.5. The molecule has 0 unspecified atom stereocenters. The van der Waals surface area contributed by atoms with E-state index >= 15 is 0 Å². The molecule has 0 radical (unpaired) electrons. The molecule has 0 heterocycles. The first-order chi connectivity index (χ1) is 9.94. The predicted octanol–water partition coefficient (Wildman–Crippen LogP) is 3.59. The molecule has 21 heavy (non-hydrogen) atoms. The van der Waals surface area contributed by atoms with Crippen LogP contribution in [0.25, 0.3) is 0 Å². The molecular weight excluding hydrogens is 282 g/mol. The zero-order valence-electron chi connectivity index (χ0n) is 12.3. The Kier molecular flexibility index (Phi) is 3.49. The molecule has 0 atom stereocenters. The molecule has 2 aromatic carbocycles. The van der Waals surface area contributed by atoms with Crippen molar-refractivity contribution in [1.29, 1.82) is 0 Å². The van der Waals surface area contributed by atoms with Gasteiger partial charge >= 0.3 is 0 Å². The van der Waals surface area contributed by atoms with Gasteiger partial charge in [0.15, 0.2) is 0 Å². The lowest BCUT2D eigenvalue weighted by atomic mass is 10.1. The van der Waals surface area contributed by atoms with Gasteiger partial charge in [0, 0.05) is 5.69 Å². The second-order valence-electron chi connectivity index (χ2n) is 5.77. The zero-order chi connectivity index (χ0) is 15.0. The molecule has 0 saturated carbocycles. The fourth-order valence-corrected chi connectivity index (χ4v) is 4.05. The fourth-order valence-electron chi connectivity index (χ4n) is 2.96. The Morgan fingerprint density at radius 2 is 1.57 bits per heavy atom. The van der Waals surface area contributed by atoms with Crippen molar-refractivity contribution in [2.75, 3.05) is 4.72 Å². The smallest absolute Gasteiger partial charge is 0.261 e. The van der Waals surface area contributed by atoms with Crippen LogP contribution < -0.4 is 4.72 Å². The highest BCUT2D eigenvalue weighted by Gasteiger charge is 2.18. The number of sulfonamides is 1. The Morgan fingerprint density at radius 1 is 0.905 bits per heavy atom. The van der Waals surface area contributed by atoms with Crippen molar-refractivity contribution in [3.8, 4) is 0 Å². The second-order valence-corrected chi connectivity index (χ2v) is 7.45. The Balaban J connectivity index is 1.93. The van der Waals surface area contributed by atoms with Crippen LogP contribution in [0.1, 0.15) is 28.7 Å². The van der Waals surface area contributed by atoms with E-state index in [4.69, 9.17) is 0 Å². The molecule has 3 rings (SSSR count). The van der Waals surface area contributed by atoms with E-state index in [0.717, 1.165) is 30.4 Å². The highest BCUT2D eigenvalue weighted by atomic mass is 32.2. The number of rotatable bonds is 3. The van der Waals surface area contributed by atoms with Crippen LogP contribution in [-0.2, 0) is 22.9 Å². The molecule has 0 bridgehead atoms. The van der Waals surface area contributed by atoms with Gasteiger partial charge in [-0.05, 0) is 79.6 Å². The van der Waals surface area contributed by atoms with Crippen molar-refractivity contribution in [1.82, 2.24) is 0 Å². The molecule has 0 fully saturated rings. The fraction of sp³-hybridized carbons (Fsp3) is 0.294. The third-order valence-electron chi connectivity index (χ3n) is 3.85. The Morgan fingerprint density at radius 3 is 2.29 bits per heavy atom. The average Bonchev–Trinajstić information content (AvgIpc) is 2.83. The summed E-state index contributed by atoms with van der Waals surface area (Å²) in [5.74, 6) is 0. The van der Waals surface area contributed by atoms with Gasteiger partial charge in [0.1, 0.15) is 0 Å². The van der Waals surface area contributed by atoms with Crippen LogP contribution in [0.2, 0.25) is 0 Å². The van der Waals surface area contributed by atoms with Gasteiger partial charge in [0.05, 0.1) is 4.90 Å². The summed E-state index contributed by atoms with van der Waals surface area (Å²) in [6, 6.07) is 11.2. The molecule has 1 aliphatic rings. The Bertz CT molecular complexity index is 774. The molecule has 0 spiro atoms. The van der Waals surface area contributed by atoms with Crippen LogP contribution >= 0.6 is 0 Å². The molecule has 110 valence electrons. The minimum absolute atomic E-state index is 0.349. The van der Waals surface area contributed by atoms with E-state index in [9.17, 15) is 8.42 Å². The van der Waals surface area contributed by atoms with Gasteiger partial charge in [-0.15, -0.1) is 0 Å². The first-order valence-corrected chi connectivity index (χ1v) is 8.65. The van der Waals surface area contributed by atoms with Crippen molar-refractivity contribution < 1.29 is 8.42 Å². The van der Waals surface area contributed by atoms with Crippen LogP contribution in [0.15, 0.2) is 41.3 Å². The Labute approximate surface area is 126 Å². The van der Waals surface area contributed by atoms with Gasteiger partial charge in [-0.3, -0.25) is 4.72 Å². The van der Waals surface area contributed by atoms with E-state index in [1.807, 2.05) is 44.2 Å². The van der Waals surface area contributed by atoms with Crippen LogP contribution in [0.3, 0.4) is 0 Å². The van der Waals surface area contributed by atoms with Crippen molar-refractivity contribution in [2.24, 2.45) is 0 Å². The maximum atomic E-state index is 12.5. The standard InChI is InChI=1S/C17H19NO2S/c1-12-8-13(2)10-16(9-12)18-21(19,20)17-7-6-14-4-3-5-15(14)11-17/h6-11,18H,3-5H2,1-2H3. The highest BCUT2D eigenvalue weighted by Crippen LogP contribution is 2.26. The summed E-state index contributed by atoms with van der Waals surface area (Å²) in [5.41, 5.74) is 5.15. The molecule has 2 aromatic rings. The number of anilines is 1. The maximum Gasteiger partial charge on any atom is 0.261 e. The zero-order valence-corrected chi connectivity index (χ0v) is 13.1. The average molecular weight is 301 g/mol. The summed E-state index contributed by atoms with van der Waals surface area (Å²) in [4.78, 5) is 0.349. The van der Waals surface area contributed by atoms with Crippen molar-refractivity contribution in [3.05, 3.63) is 58.7 Å². The monoisotopic (exact) mass is 301 g/mol. The SMILES string of the molecule is Cc1cc(C)cc(NS(=O)(=O)c2ccc3c(c2)CCC3)c1. The lowest BCUT2D eigenvalue weighted by molar-refractivity contribution is 0.601. The number of hydrogen-bond acceptors (Lipinski definition) is 2. The quantitative estimate of drug-likeness (QED) is 0.941. The topological polar surface area (TPSA) is 46.2 Å². The second kappa shape index (κ2) is 5.19. The number of nitrogens with one attached hydrogen (secondary N) is 1. The van der Waals surface area contributed by atoms with Crippen molar-refractivity contribution >= 4 is 15.7 Å². The van der Waals surface area contributed by atoms with E-state index < -0.39 is 10.0 Å². The molecule has 3 nitrogen and oxygen atoms in total. The van der Waals surface area contributed by atoms with Gasteiger partial charge in [-0.25, -0.2) is 8.42 Å². The lowest BCUT2D eigenvalue weighted by Gasteiger charge is -2.11. The summed E-state index contributed by atoms with van der Waals surface area (Å²) >= 11 is 0. The van der Waals surface area contributed by atoms with E-state index in [2.05, 4.69) is 4.72 Å². The summed E-state index contributed by atoms with van der Waals surface area (Å²) in [7, 11) is -3.52. The summed E-state index contributed by atoms with van der Waals surface area (Å²) < 4.78 is 27.7. The molecule has 1 aliphatic carbocycles. The Hall–Kier alpha value is -1.81. The third kappa shape index (κ3) is 2.95. The first-order valence-electron chi connectivity index (χ1n) is 7.17. The van der Waals surface area contributed by atoms with Gasteiger partial charge in [0.2, 0.25) is 0 Å². The first kappa shape index (κ1) is 14.1. The van der Waals surface area contributed by atoms with Crippen molar-refractivity contribution in [2.45, 2.75) is 38.0 Å². The van der Waals surface area contributed by atoms with Gasteiger partial charge in [-0.2, -0.15) is 0 Å². The molecule has 4 heteroatoms. The lowest BCUT2D eigenvalue weighted by Crippen LogP contribution is -2.13. The highest BCUT2D eigenvalue weighted by molar-refractivity contribution is 7.92. The predicted molar refractivity (Wildman–Crippen MR) is 85.2 cm³/mol. The molecule has 0 saturated heterocycles. The molecule has 0 aromatic heterocycles. The normalized spacial score (nSPS) is 14.0. The molecular formula is C17H19NO2S. The van der Waals surface area contributed by atoms with Gasteiger partial charge in [0.25, 0.3) is 10.0 Å². The van der Waals surface area contributed by atoms with Crippen LogP contribution in [0.4, 0.5) is 5.69 Å². The van der Waals surface area contributed by atoms with Crippen LogP contribution in [0.5, 0.6) is 0 Å². The molecule has 1 N–H and O–H groups in total. The van der Waals surface area contributed by atoms with E-state index in [0.29, 0.717) is 10.6 Å². The minimum Gasteiger partial charge on any atom is -0.280 e. The third-order valence-corrected chi connectivity index (χ3v) is 5.23. The number of aryl methyl sites for hydroxylation is 4. The van der Waals surface area contributed by atoms with E-state index in [1.165, 1.54) is 11.1 Å².